The van der Waals surface area contributed by atoms with Crippen molar-refractivity contribution in [2.45, 2.75) is 46.8 Å². The number of aromatic nitrogens is 1. The van der Waals surface area contributed by atoms with E-state index in [-0.39, 0.29) is 23.2 Å². The van der Waals surface area contributed by atoms with Crippen LogP contribution in [0.5, 0.6) is 11.6 Å². The number of carbonyl (C=O) groups excluding carboxylic acids is 1. The third kappa shape index (κ3) is 4.66. The van der Waals surface area contributed by atoms with E-state index < -0.39 is 23.3 Å². The molecule has 7 nitrogen and oxygen atoms in total. The molecule has 1 unspecified atom stereocenters. The first kappa shape index (κ1) is 23.5. The molecule has 0 spiro atoms. The Bertz CT molecular complexity index is 1050. The largest absolute Gasteiger partial charge is 0.494 e. The average Bonchev–Trinajstić information content (AvgIpc) is 2.68. The standard InChI is InChI=1S/C22H25ClN2O5/c1-12-9-16(10-13(2)19(12)23)30-15(4)20(26)18-14(3)17(11-24)21(27)25(22(18)28)7-6-8-29-5/h9-10,15,28H,6-8H2,1-5H3. The number of ether oxygens (including phenoxy) is 2. The molecule has 0 bridgehead atoms. The highest BCUT2D eigenvalue weighted by molar-refractivity contribution is 6.32. The summed E-state index contributed by atoms with van der Waals surface area (Å²) in [7, 11) is 1.52. The van der Waals surface area contributed by atoms with E-state index in [1.165, 1.54) is 14.0 Å². The van der Waals surface area contributed by atoms with Crippen LogP contribution in [0.2, 0.25) is 5.02 Å². The van der Waals surface area contributed by atoms with E-state index in [1.54, 1.807) is 19.1 Å². The molecule has 1 aromatic carbocycles. The highest BCUT2D eigenvalue weighted by atomic mass is 35.5. The van der Waals surface area contributed by atoms with Gasteiger partial charge in [-0.2, -0.15) is 5.26 Å². The van der Waals surface area contributed by atoms with Gasteiger partial charge >= 0.3 is 0 Å². The normalized spacial score (nSPS) is 11.8. The third-order valence-corrected chi connectivity index (χ3v) is 5.46. The molecule has 0 saturated carbocycles. The van der Waals surface area contributed by atoms with Gasteiger partial charge in [-0.05, 0) is 62.9 Å². The third-order valence-electron chi connectivity index (χ3n) is 4.87. The number of nitrogens with zero attached hydrogens (tertiary/aromatic N) is 2. The van der Waals surface area contributed by atoms with Crippen molar-refractivity contribution >= 4 is 17.4 Å². The number of halogens is 1. The maximum atomic E-state index is 13.1. The first-order chi connectivity index (χ1) is 14.1. The van der Waals surface area contributed by atoms with Gasteiger partial charge in [0.1, 0.15) is 17.4 Å². The topological polar surface area (TPSA) is 102 Å². The van der Waals surface area contributed by atoms with Crippen molar-refractivity contribution in [3.63, 3.8) is 0 Å². The number of Topliss-reactive ketones (excluding diaryl/α,β-unsaturated/α-hetero) is 1. The number of carbonyl (C=O) groups is 1. The first-order valence-corrected chi connectivity index (χ1v) is 9.84. The fourth-order valence-corrected chi connectivity index (χ4v) is 3.36. The van der Waals surface area contributed by atoms with E-state index in [0.717, 1.165) is 15.7 Å². The minimum Gasteiger partial charge on any atom is -0.494 e. The number of benzene rings is 1. The zero-order valence-corrected chi connectivity index (χ0v) is 18.5. The predicted octanol–water partition coefficient (Wildman–Crippen LogP) is 3.69. The molecule has 0 aliphatic carbocycles. The van der Waals surface area contributed by atoms with Crippen LogP contribution in [0.3, 0.4) is 0 Å². The summed E-state index contributed by atoms with van der Waals surface area (Å²) in [6.45, 7) is 7.15. The number of nitriles is 1. The smallest absolute Gasteiger partial charge is 0.271 e. The van der Waals surface area contributed by atoms with Gasteiger partial charge in [-0.25, -0.2) is 0 Å². The molecule has 0 radical (unpaired) electrons. The van der Waals surface area contributed by atoms with Crippen LogP contribution in [-0.4, -0.2) is 35.3 Å². The van der Waals surface area contributed by atoms with Crippen LogP contribution in [-0.2, 0) is 11.3 Å². The van der Waals surface area contributed by atoms with Crippen molar-refractivity contribution in [1.82, 2.24) is 4.57 Å². The Kier molecular flexibility index (Phi) is 7.65. The second-order valence-corrected chi connectivity index (χ2v) is 7.49. The molecule has 1 atom stereocenters. The zero-order chi connectivity index (χ0) is 22.6. The Balaban J connectivity index is 2.46. The van der Waals surface area contributed by atoms with Crippen molar-refractivity contribution in [1.29, 1.82) is 5.26 Å². The van der Waals surface area contributed by atoms with Crippen molar-refractivity contribution in [2.75, 3.05) is 13.7 Å². The summed E-state index contributed by atoms with van der Waals surface area (Å²) in [5.74, 6) is -0.551. The summed E-state index contributed by atoms with van der Waals surface area (Å²) in [6.07, 6.45) is -0.535. The molecule has 0 amide bonds. The van der Waals surface area contributed by atoms with Gasteiger partial charge in [0.25, 0.3) is 5.56 Å². The van der Waals surface area contributed by atoms with Crippen LogP contribution < -0.4 is 10.3 Å². The molecule has 1 aromatic heterocycles. The van der Waals surface area contributed by atoms with Crippen LogP contribution in [0, 0.1) is 32.1 Å². The molecule has 8 heteroatoms. The molecule has 0 aliphatic rings. The monoisotopic (exact) mass is 432 g/mol. The number of pyridine rings is 1. The van der Waals surface area contributed by atoms with Crippen molar-refractivity contribution < 1.29 is 19.4 Å². The molecule has 2 rings (SSSR count). The summed E-state index contributed by atoms with van der Waals surface area (Å²) in [5.41, 5.74) is 0.828. The van der Waals surface area contributed by atoms with Gasteiger partial charge in [-0.3, -0.25) is 14.2 Å². The lowest BCUT2D eigenvalue weighted by Gasteiger charge is -2.19. The van der Waals surface area contributed by atoms with Crippen LogP contribution in [0.25, 0.3) is 0 Å². The number of rotatable bonds is 8. The number of aromatic hydroxyl groups is 1. The van der Waals surface area contributed by atoms with Crippen molar-refractivity contribution in [3.8, 4) is 17.7 Å². The molecular formula is C22H25ClN2O5. The quantitative estimate of drug-likeness (QED) is 0.504. The Morgan fingerprint density at radius 3 is 2.43 bits per heavy atom. The summed E-state index contributed by atoms with van der Waals surface area (Å²) in [6, 6.07) is 5.28. The predicted molar refractivity (Wildman–Crippen MR) is 114 cm³/mol. The number of methoxy groups -OCH3 is 1. The number of hydrogen-bond acceptors (Lipinski definition) is 6. The second-order valence-electron chi connectivity index (χ2n) is 7.11. The van der Waals surface area contributed by atoms with E-state index >= 15 is 0 Å². The van der Waals surface area contributed by atoms with E-state index in [2.05, 4.69) is 0 Å². The molecule has 0 saturated heterocycles. The Labute approximate surface area is 180 Å². The minimum absolute atomic E-state index is 0.0986. The van der Waals surface area contributed by atoms with Crippen molar-refractivity contribution in [2.24, 2.45) is 0 Å². The molecule has 2 aromatic rings. The number of hydrogen-bond donors (Lipinski definition) is 1. The Morgan fingerprint density at radius 2 is 1.90 bits per heavy atom. The summed E-state index contributed by atoms with van der Waals surface area (Å²) < 4.78 is 11.8. The van der Waals surface area contributed by atoms with Gasteiger partial charge in [-0.1, -0.05) is 11.6 Å². The average molecular weight is 433 g/mol. The second kappa shape index (κ2) is 9.79. The van der Waals surface area contributed by atoms with E-state index in [0.29, 0.717) is 23.8 Å². The molecule has 0 fully saturated rings. The maximum Gasteiger partial charge on any atom is 0.271 e. The summed E-state index contributed by atoms with van der Waals surface area (Å²) >= 11 is 6.18. The summed E-state index contributed by atoms with van der Waals surface area (Å²) in [4.78, 5) is 25.7. The molecule has 160 valence electrons. The molecule has 1 heterocycles. The highest BCUT2D eigenvalue weighted by Crippen LogP contribution is 2.28. The van der Waals surface area contributed by atoms with Gasteiger partial charge in [0.2, 0.25) is 11.7 Å². The van der Waals surface area contributed by atoms with Gasteiger partial charge in [0.15, 0.2) is 6.10 Å². The van der Waals surface area contributed by atoms with Crippen LogP contribution >= 0.6 is 11.6 Å². The van der Waals surface area contributed by atoms with E-state index in [9.17, 15) is 20.0 Å². The lowest BCUT2D eigenvalue weighted by atomic mass is 9.99. The van der Waals surface area contributed by atoms with Gasteiger partial charge in [0.05, 0.1) is 5.56 Å². The maximum absolute atomic E-state index is 13.1. The van der Waals surface area contributed by atoms with Crippen LogP contribution in [0.15, 0.2) is 16.9 Å². The van der Waals surface area contributed by atoms with Crippen LogP contribution in [0.4, 0.5) is 0 Å². The lowest BCUT2D eigenvalue weighted by Crippen LogP contribution is -2.31. The fraction of sp³-hybridized carbons (Fsp3) is 0.409. The number of aryl methyl sites for hydroxylation is 2. The molecular weight excluding hydrogens is 408 g/mol. The van der Waals surface area contributed by atoms with Gasteiger partial charge in [0, 0.05) is 25.3 Å². The van der Waals surface area contributed by atoms with E-state index in [1.807, 2.05) is 19.9 Å². The highest BCUT2D eigenvalue weighted by Gasteiger charge is 2.28. The van der Waals surface area contributed by atoms with Gasteiger partial charge < -0.3 is 14.6 Å². The SMILES string of the molecule is COCCCn1c(O)c(C(=O)C(C)Oc2cc(C)c(Cl)c(C)c2)c(C)c(C#N)c1=O. The Morgan fingerprint density at radius 1 is 1.30 bits per heavy atom. The molecule has 1 N–H and O–H groups in total. The number of ketones is 1. The lowest BCUT2D eigenvalue weighted by molar-refractivity contribution is 0.0812. The summed E-state index contributed by atoms with van der Waals surface area (Å²) in [5, 5.41) is 20.7. The fourth-order valence-electron chi connectivity index (χ4n) is 3.26. The van der Waals surface area contributed by atoms with Crippen molar-refractivity contribution in [3.05, 3.63) is 55.3 Å². The minimum atomic E-state index is -0.967. The van der Waals surface area contributed by atoms with E-state index in [4.69, 9.17) is 21.1 Å². The Hall–Kier alpha value is -2.82. The first-order valence-electron chi connectivity index (χ1n) is 9.47. The molecule has 30 heavy (non-hydrogen) atoms. The van der Waals surface area contributed by atoms with Crippen LogP contribution in [0.1, 0.15) is 46.0 Å². The molecule has 0 aliphatic heterocycles. The zero-order valence-electron chi connectivity index (χ0n) is 17.7. The van der Waals surface area contributed by atoms with Gasteiger partial charge in [-0.15, -0.1) is 0 Å².